The number of nitrogens with one attached hydrogen (secondary N) is 1. The van der Waals surface area contributed by atoms with Gasteiger partial charge < -0.3 is 4.74 Å². The van der Waals surface area contributed by atoms with Crippen LogP contribution in [-0.2, 0) is 9.53 Å². The van der Waals surface area contributed by atoms with Crippen molar-refractivity contribution in [3.8, 4) is 0 Å². The van der Waals surface area contributed by atoms with Crippen molar-refractivity contribution in [3.05, 3.63) is 0 Å². The van der Waals surface area contributed by atoms with E-state index >= 15 is 0 Å². The first-order valence-electron chi connectivity index (χ1n) is 3.59. The van der Waals surface area contributed by atoms with Crippen molar-refractivity contribution in [1.82, 2.24) is 5.43 Å². The number of hydrogen-bond donors (Lipinski definition) is 2. The van der Waals surface area contributed by atoms with Crippen molar-refractivity contribution in [3.63, 3.8) is 0 Å². The molecule has 0 heterocycles. The maximum absolute atomic E-state index is 11.2. The molecule has 0 saturated carbocycles. The first-order valence-corrected chi connectivity index (χ1v) is 4.17. The number of hydrazine groups is 1. The minimum Gasteiger partial charge on any atom is -0.458 e. The lowest BCUT2D eigenvalue weighted by atomic mass is 10.2. The van der Waals surface area contributed by atoms with Gasteiger partial charge in [0.25, 0.3) is 0 Å². The summed E-state index contributed by atoms with van der Waals surface area (Å²) in [5, 5.41) is 0. The minimum atomic E-state index is -1.61. The SMILES string of the molecule is [2H]C(I)(NN)C(=O)OC(C)(C)C. The number of carbonyl (C=O) groups excluding carboxylic acids is 1. The molecule has 11 heavy (non-hydrogen) atoms. The Morgan fingerprint density at radius 2 is 2.27 bits per heavy atom. The van der Waals surface area contributed by atoms with Gasteiger partial charge >= 0.3 is 5.97 Å². The monoisotopic (exact) mass is 273 g/mol. The smallest absolute Gasteiger partial charge is 0.335 e. The van der Waals surface area contributed by atoms with Crippen LogP contribution in [0.3, 0.4) is 0 Å². The molecule has 0 aliphatic rings. The molecule has 0 aromatic rings. The third-order valence-electron chi connectivity index (χ3n) is 0.705. The Morgan fingerprint density at radius 3 is 2.55 bits per heavy atom. The van der Waals surface area contributed by atoms with E-state index in [-0.39, 0.29) is 0 Å². The van der Waals surface area contributed by atoms with Crippen molar-refractivity contribution in [2.24, 2.45) is 5.84 Å². The van der Waals surface area contributed by atoms with Crippen LogP contribution in [0.2, 0.25) is 0 Å². The molecule has 66 valence electrons. The summed E-state index contributed by atoms with van der Waals surface area (Å²) in [4.78, 5) is 11.2. The van der Waals surface area contributed by atoms with Crippen molar-refractivity contribution >= 4 is 28.6 Å². The van der Waals surface area contributed by atoms with Crippen LogP contribution < -0.4 is 11.3 Å². The predicted molar refractivity (Wildman–Crippen MR) is 51.0 cm³/mol. The third-order valence-corrected chi connectivity index (χ3v) is 1.46. The number of hydrogen-bond acceptors (Lipinski definition) is 4. The van der Waals surface area contributed by atoms with Crippen LogP contribution in [-0.4, -0.2) is 15.6 Å². The van der Waals surface area contributed by atoms with Crippen molar-refractivity contribution in [1.29, 1.82) is 0 Å². The Morgan fingerprint density at radius 1 is 1.82 bits per heavy atom. The van der Waals surface area contributed by atoms with E-state index in [1.165, 1.54) is 0 Å². The highest BCUT2D eigenvalue weighted by molar-refractivity contribution is 14.1. The number of alkyl halides is 1. The first kappa shape index (κ1) is 9.21. The summed E-state index contributed by atoms with van der Waals surface area (Å²) < 4.78 is 10.6. The third kappa shape index (κ3) is 5.40. The summed E-state index contributed by atoms with van der Waals surface area (Å²) in [6.07, 6.45) is 0. The lowest BCUT2D eigenvalue weighted by molar-refractivity contribution is -0.154. The highest BCUT2D eigenvalue weighted by Crippen LogP contribution is 2.10. The molecular formula is C6H13IN2O2. The first-order chi connectivity index (χ1) is 5.19. The van der Waals surface area contributed by atoms with Gasteiger partial charge in [-0.2, -0.15) is 0 Å². The zero-order chi connectivity index (χ0) is 9.99. The fourth-order valence-electron chi connectivity index (χ4n) is 0.382. The average Bonchev–Trinajstić information content (AvgIpc) is 1.84. The van der Waals surface area contributed by atoms with Crippen LogP contribution in [0.15, 0.2) is 0 Å². The Kier molecular flexibility index (Phi) is 3.53. The Labute approximate surface area is 81.4 Å². The summed E-state index contributed by atoms with van der Waals surface area (Å²) in [6, 6.07) is 0. The van der Waals surface area contributed by atoms with Gasteiger partial charge in [-0.15, -0.1) is 0 Å². The zero-order valence-corrected chi connectivity index (χ0v) is 8.93. The van der Waals surface area contributed by atoms with Gasteiger partial charge in [-0.3, -0.25) is 5.84 Å². The summed E-state index contributed by atoms with van der Waals surface area (Å²) in [7, 11) is 0. The number of esters is 1. The van der Waals surface area contributed by atoms with Gasteiger partial charge in [0.15, 0.2) is 4.02 Å². The summed E-state index contributed by atoms with van der Waals surface area (Å²) >= 11 is 1.56. The number of nitrogens with two attached hydrogens (primary N) is 1. The number of halogens is 1. The molecule has 5 heteroatoms. The zero-order valence-electron chi connectivity index (χ0n) is 7.77. The molecule has 0 saturated heterocycles. The molecule has 0 aromatic heterocycles. The molecule has 0 aliphatic carbocycles. The van der Waals surface area contributed by atoms with Crippen molar-refractivity contribution in [2.45, 2.75) is 30.4 Å². The van der Waals surface area contributed by atoms with Gasteiger partial charge in [0.05, 0.1) is 1.37 Å². The summed E-state index contributed by atoms with van der Waals surface area (Å²) in [5.41, 5.74) is 1.45. The number of rotatable bonds is 2. The molecule has 4 nitrogen and oxygen atoms in total. The van der Waals surface area contributed by atoms with Crippen LogP contribution in [0.5, 0.6) is 0 Å². The van der Waals surface area contributed by atoms with Gasteiger partial charge in [0.2, 0.25) is 0 Å². The van der Waals surface area contributed by atoms with E-state index in [1.54, 1.807) is 43.4 Å². The Balaban J connectivity index is 4.23. The largest absolute Gasteiger partial charge is 0.458 e. The molecule has 0 fully saturated rings. The molecule has 0 bridgehead atoms. The van der Waals surface area contributed by atoms with Crippen molar-refractivity contribution in [2.75, 3.05) is 0 Å². The van der Waals surface area contributed by atoms with Crippen LogP contribution in [0.25, 0.3) is 0 Å². The van der Waals surface area contributed by atoms with E-state index < -0.39 is 15.6 Å². The van der Waals surface area contributed by atoms with Crippen LogP contribution in [0.4, 0.5) is 0 Å². The van der Waals surface area contributed by atoms with Crippen molar-refractivity contribution < 1.29 is 10.9 Å². The van der Waals surface area contributed by atoms with E-state index in [4.69, 9.17) is 12.0 Å². The highest BCUT2D eigenvalue weighted by atomic mass is 127. The predicted octanol–water partition coefficient (Wildman–Crippen LogP) is 0.552. The maximum atomic E-state index is 11.2. The van der Waals surface area contributed by atoms with Crippen LogP contribution >= 0.6 is 22.6 Å². The molecule has 1 unspecified atom stereocenters. The molecule has 3 N–H and O–H groups in total. The molecule has 1 atom stereocenters. The highest BCUT2D eigenvalue weighted by Gasteiger charge is 2.21. The van der Waals surface area contributed by atoms with Gasteiger partial charge in [0, 0.05) is 0 Å². The van der Waals surface area contributed by atoms with E-state index in [0.29, 0.717) is 0 Å². The molecular weight excluding hydrogens is 259 g/mol. The van der Waals surface area contributed by atoms with E-state index in [0.717, 1.165) is 0 Å². The molecule has 0 aromatic carbocycles. The molecule has 0 spiro atoms. The van der Waals surface area contributed by atoms with E-state index in [2.05, 4.69) is 0 Å². The Hall–Kier alpha value is 0.120. The van der Waals surface area contributed by atoms with Crippen LogP contribution in [0, 0.1) is 0 Å². The van der Waals surface area contributed by atoms with Crippen LogP contribution in [0.1, 0.15) is 22.1 Å². The van der Waals surface area contributed by atoms with Gasteiger partial charge in [-0.25, -0.2) is 10.2 Å². The van der Waals surface area contributed by atoms with Gasteiger partial charge in [-0.1, -0.05) is 22.6 Å². The Bertz CT molecular complexity index is 179. The molecule has 0 aliphatic heterocycles. The number of ether oxygens (including phenoxy) is 1. The summed E-state index contributed by atoms with van der Waals surface area (Å²) in [5.74, 6) is 4.28. The average molecular weight is 273 g/mol. The molecule has 0 rings (SSSR count). The van der Waals surface area contributed by atoms with E-state index in [9.17, 15) is 4.79 Å². The second-order valence-corrected chi connectivity index (χ2v) is 4.04. The lowest BCUT2D eigenvalue weighted by Crippen LogP contribution is -2.40. The molecule has 0 radical (unpaired) electrons. The fraction of sp³-hybridized carbons (Fsp3) is 0.833. The molecule has 0 amide bonds. The standard InChI is InChI=1S/C6H13IN2O2/c1-6(2,3)11-5(10)4(7)9-8/h4,9H,8H2,1-3H3/i4D. The van der Waals surface area contributed by atoms with E-state index in [1.807, 2.05) is 5.43 Å². The second kappa shape index (κ2) is 4.22. The summed E-state index contributed by atoms with van der Waals surface area (Å²) in [6.45, 7) is 5.19. The van der Waals surface area contributed by atoms with Gasteiger partial charge in [-0.05, 0) is 20.8 Å². The quantitative estimate of drug-likeness (QED) is 0.193. The fourth-order valence-corrected chi connectivity index (χ4v) is 0.492. The maximum Gasteiger partial charge on any atom is 0.335 e. The lowest BCUT2D eigenvalue weighted by Gasteiger charge is -2.21. The van der Waals surface area contributed by atoms with Gasteiger partial charge in [0.1, 0.15) is 5.60 Å². The second-order valence-electron chi connectivity index (χ2n) is 2.96. The normalized spacial score (nSPS) is 18.5. The minimum absolute atomic E-state index is 0.592. The number of carbonyl (C=O) groups is 1. The topological polar surface area (TPSA) is 64.3 Å².